The lowest BCUT2D eigenvalue weighted by Gasteiger charge is -2.15. The lowest BCUT2D eigenvalue weighted by molar-refractivity contribution is -0.140. The highest BCUT2D eigenvalue weighted by molar-refractivity contribution is 5.77. The fourth-order valence-electron chi connectivity index (χ4n) is 3.51. The van der Waals surface area contributed by atoms with Gasteiger partial charge in [-0.25, -0.2) is 0 Å². The van der Waals surface area contributed by atoms with Gasteiger partial charge < -0.3 is 29.2 Å². The predicted molar refractivity (Wildman–Crippen MR) is 161 cm³/mol. The van der Waals surface area contributed by atoms with Crippen LogP contribution >= 0.6 is 0 Å². The number of methoxy groups -OCH3 is 3. The summed E-state index contributed by atoms with van der Waals surface area (Å²) in [5.41, 5.74) is 0. The molecular formula is C31H58O11. The largest absolute Gasteiger partial charge is 0.481 e. The zero-order valence-corrected chi connectivity index (χ0v) is 27.8. The molecule has 0 fully saturated rings. The number of ketones is 4. The normalized spacial score (nSPS) is 13.1. The average Bonchev–Trinajstić information content (AvgIpc) is 2.81. The molecule has 0 saturated carbocycles. The monoisotopic (exact) mass is 606 g/mol. The third-order valence-electron chi connectivity index (χ3n) is 5.31. The molecule has 0 saturated heterocycles. The van der Waals surface area contributed by atoms with Crippen molar-refractivity contribution >= 4 is 35.4 Å². The summed E-state index contributed by atoms with van der Waals surface area (Å²) in [7, 11) is 4.56. The summed E-state index contributed by atoms with van der Waals surface area (Å²) in [6.07, 6.45) is 2.97. The first kappa shape index (κ1) is 46.6. The molecule has 4 atom stereocenters. The summed E-state index contributed by atoms with van der Waals surface area (Å²) in [5.74, 6) is 0.379. The van der Waals surface area contributed by atoms with Gasteiger partial charge in [-0.2, -0.15) is 0 Å². The van der Waals surface area contributed by atoms with Gasteiger partial charge in [-0.1, -0.05) is 27.7 Å². The number of carboxylic acid groups (broad SMARTS) is 1. The number of aldehydes is 1. The van der Waals surface area contributed by atoms with E-state index in [2.05, 4.69) is 13.8 Å². The maximum atomic E-state index is 10.7. The summed E-state index contributed by atoms with van der Waals surface area (Å²) >= 11 is 0. The van der Waals surface area contributed by atoms with E-state index >= 15 is 0 Å². The van der Waals surface area contributed by atoms with Crippen molar-refractivity contribution in [3.8, 4) is 0 Å². The number of Topliss-reactive ketones (excluding diaryl/α,β-unsaturated/α-hetero) is 4. The van der Waals surface area contributed by atoms with E-state index in [1.165, 1.54) is 35.0 Å². The molecule has 0 aliphatic rings. The average molecular weight is 607 g/mol. The quantitative estimate of drug-likeness (QED) is 0.199. The Morgan fingerprint density at radius 3 is 1.24 bits per heavy atom. The standard InChI is InChI=1S/C9H18O2.C8H16O2.C7H12O4.C7H12O3/c1-7(2)5-9(11-4)6-8(3)10;1-6(2)4-8(10)5-7(3)9;1-5(8)3-6(11-2)4-7(9)10;1-6(9)5-7(10-2)3-4-8/h7,9H,5-6H2,1-4H3;6,8,10H,4-5H2,1-3H3;6H,3-4H2,1-2H3,(H,9,10);4,7H,3,5H2,1-2H3/t9-;8-;6-;7-/m0010/s1. The van der Waals surface area contributed by atoms with Crippen LogP contribution in [0.1, 0.15) is 107 Å². The number of carbonyl (C=O) groups is 6. The van der Waals surface area contributed by atoms with Crippen LogP contribution in [0.2, 0.25) is 0 Å². The first-order chi connectivity index (χ1) is 19.3. The van der Waals surface area contributed by atoms with Gasteiger partial charge in [-0.15, -0.1) is 0 Å². The van der Waals surface area contributed by atoms with Crippen LogP contribution in [0.15, 0.2) is 0 Å². The van der Waals surface area contributed by atoms with Crippen LogP contribution in [0.5, 0.6) is 0 Å². The van der Waals surface area contributed by atoms with E-state index in [4.69, 9.17) is 24.4 Å². The third kappa shape index (κ3) is 42.1. The van der Waals surface area contributed by atoms with Crippen LogP contribution < -0.4 is 0 Å². The van der Waals surface area contributed by atoms with E-state index in [0.29, 0.717) is 37.5 Å². The highest BCUT2D eigenvalue weighted by Gasteiger charge is 2.14. The van der Waals surface area contributed by atoms with E-state index in [1.54, 1.807) is 14.0 Å². The van der Waals surface area contributed by atoms with Crippen LogP contribution in [0.25, 0.3) is 0 Å². The van der Waals surface area contributed by atoms with Crippen molar-refractivity contribution in [1.29, 1.82) is 0 Å². The van der Waals surface area contributed by atoms with Gasteiger partial charge >= 0.3 is 5.97 Å². The Morgan fingerprint density at radius 2 is 0.952 bits per heavy atom. The Kier molecular flexibility index (Phi) is 33.4. The summed E-state index contributed by atoms with van der Waals surface area (Å²) < 4.78 is 14.8. The molecule has 2 N–H and O–H groups in total. The van der Waals surface area contributed by atoms with Gasteiger partial charge in [-0.05, 0) is 52.4 Å². The Hall–Kier alpha value is -2.34. The number of aliphatic carboxylic acids is 1. The maximum absolute atomic E-state index is 10.7. The van der Waals surface area contributed by atoms with Crippen LogP contribution in [0.3, 0.4) is 0 Å². The van der Waals surface area contributed by atoms with E-state index < -0.39 is 18.2 Å². The zero-order chi connectivity index (χ0) is 33.8. The Labute approximate surface area is 253 Å². The number of hydrogen-bond donors (Lipinski definition) is 2. The second-order valence-electron chi connectivity index (χ2n) is 11.1. The topological polar surface area (TPSA) is 171 Å². The van der Waals surface area contributed by atoms with E-state index in [9.17, 15) is 28.8 Å². The number of ether oxygens (including phenoxy) is 3. The highest BCUT2D eigenvalue weighted by Crippen LogP contribution is 2.11. The lowest BCUT2D eigenvalue weighted by Crippen LogP contribution is -2.18. The van der Waals surface area contributed by atoms with Crippen molar-refractivity contribution in [2.24, 2.45) is 11.8 Å². The molecule has 0 aliphatic heterocycles. The fraction of sp³-hybridized carbons (Fsp3) is 0.806. The predicted octanol–water partition coefficient (Wildman–Crippen LogP) is 4.42. The molecule has 42 heavy (non-hydrogen) atoms. The first-order valence-corrected chi connectivity index (χ1v) is 14.2. The van der Waals surface area contributed by atoms with Gasteiger partial charge in [0.1, 0.15) is 29.4 Å². The molecule has 0 bridgehead atoms. The second kappa shape index (κ2) is 30.1. The molecule has 248 valence electrons. The molecule has 0 rings (SSSR count). The summed E-state index contributed by atoms with van der Waals surface area (Å²) in [5, 5.41) is 17.5. The number of carbonyl (C=O) groups excluding carboxylic acids is 5. The van der Waals surface area contributed by atoms with Gasteiger partial charge in [0.05, 0.1) is 30.8 Å². The minimum Gasteiger partial charge on any atom is -0.481 e. The number of carboxylic acids is 1. The molecule has 0 spiro atoms. The first-order valence-electron chi connectivity index (χ1n) is 14.2. The molecule has 0 aromatic rings. The van der Waals surface area contributed by atoms with Gasteiger partial charge in [-0.3, -0.25) is 24.0 Å². The number of rotatable bonds is 19. The Balaban J connectivity index is -0.000000229. The second-order valence-corrected chi connectivity index (χ2v) is 11.1. The summed E-state index contributed by atoms with van der Waals surface area (Å²) in [6, 6.07) is 0. The van der Waals surface area contributed by atoms with Gasteiger partial charge in [0, 0.05) is 53.4 Å². The van der Waals surface area contributed by atoms with Crippen molar-refractivity contribution < 1.29 is 53.2 Å². The van der Waals surface area contributed by atoms with Crippen molar-refractivity contribution in [1.82, 2.24) is 0 Å². The fourth-order valence-corrected chi connectivity index (χ4v) is 3.51. The summed E-state index contributed by atoms with van der Waals surface area (Å²) in [6.45, 7) is 14.3. The maximum Gasteiger partial charge on any atom is 0.305 e. The number of aliphatic hydroxyl groups is 1. The van der Waals surface area contributed by atoms with Crippen molar-refractivity contribution in [2.45, 2.75) is 131 Å². The zero-order valence-electron chi connectivity index (χ0n) is 27.8. The molecule has 0 heterocycles. The minimum absolute atomic E-state index is 0.0497. The van der Waals surface area contributed by atoms with E-state index in [1.807, 2.05) is 13.8 Å². The highest BCUT2D eigenvalue weighted by atomic mass is 16.5. The minimum atomic E-state index is -0.946. The smallest absolute Gasteiger partial charge is 0.305 e. The van der Waals surface area contributed by atoms with E-state index in [0.717, 1.165) is 19.1 Å². The molecule has 11 nitrogen and oxygen atoms in total. The third-order valence-corrected chi connectivity index (χ3v) is 5.31. The molecular weight excluding hydrogens is 548 g/mol. The van der Waals surface area contributed by atoms with Gasteiger partial charge in [0.2, 0.25) is 0 Å². The molecule has 0 radical (unpaired) electrons. The lowest BCUT2D eigenvalue weighted by atomic mass is 10.0. The molecule has 0 aliphatic carbocycles. The number of aliphatic hydroxyl groups excluding tert-OH is 1. The SMILES string of the molecule is CC(=O)C[C@@H](O)CC(C)C.CO[C@@H](CC=O)CC(C)=O.CO[C@H](CC(C)=O)CC(=O)O.CO[C@H](CC(C)=O)CC(C)C. The van der Waals surface area contributed by atoms with Crippen LogP contribution in [-0.4, -0.2) is 91.3 Å². The summed E-state index contributed by atoms with van der Waals surface area (Å²) in [4.78, 5) is 62.3. The van der Waals surface area contributed by atoms with Crippen molar-refractivity contribution in [3.63, 3.8) is 0 Å². The molecule has 0 amide bonds. The Morgan fingerprint density at radius 1 is 0.595 bits per heavy atom. The molecule has 11 heteroatoms. The van der Waals surface area contributed by atoms with Gasteiger partial charge in [0.15, 0.2) is 0 Å². The van der Waals surface area contributed by atoms with E-state index in [-0.39, 0.29) is 48.2 Å². The molecule has 0 unspecified atom stereocenters. The van der Waals surface area contributed by atoms with Gasteiger partial charge in [0.25, 0.3) is 0 Å². The molecule has 0 aromatic heterocycles. The van der Waals surface area contributed by atoms with Crippen molar-refractivity contribution in [3.05, 3.63) is 0 Å². The van der Waals surface area contributed by atoms with Crippen LogP contribution in [0.4, 0.5) is 0 Å². The number of hydrogen-bond acceptors (Lipinski definition) is 10. The molecule has 0 aromatic carbocycles. The van der Waals surface area contributed by atoms with Crippen LogP contribution in [-0.2, 0) is 43.0 Å². The Bertz CT molecular complexity index is 731. The van der Waals surface area contributed by atoms with Crippen LogP contribution in [0, 0.1) is 11.8 Å². The van der Waals surface area contributed by atoms with Crippen molar-refractivity contribution in [2.75, 3.05) is 21.3 Å².